The van der Waals surface area contributed by atoms with E-state index in [1.807, 2.05) is 4.58 Å². The van der Waals surface area contributed by atoms with Crippen molar-refractivity contribution < 1.29 is 23.3 Å². The lowest BCUT2D eigenvalue weighted by Crippen LogP contribution is -2.53. The lowest BCUT2D eigenvalue weighted by molar-refractivity contribution is -0.315. The average molecular weight is 435 g/mol. The minimum Gasteiger partial charge on any atom is -0.340 e. The Morgan fingerprint density at radius 2 is 2.00 bits per heavy atom. The van der Waals surface area contributed by atoms with Gasteiger partial charge in [0.15, 0.2) is 12.4 Å². The molecule has 1 unspecified atom stereocenters. The van der Waals surface area contributed by atoms with Gasteiger partial charge in [0.25, 0.3) is 11.6 Å². The second-order valence-electron chi connectivity index (χ2n) is 9.28. The molecule has 2 amide bonds. The molecule has 32 heavy (non-hydrogen) atoms. The van der Waals surface area contributed by atoms with Crippen LogP contribution >= 0.6 is 0 Å². The third kappa shape index (κ3) is 2.82. The minimum atomic E-state index is -0.616. The zero-order chi connectivity index (χ0) is 22.2. The highest BCUT2D eigenvalue weighted by Crippen LogP contribution is 2.47. The molecule has 4 heterocycles. The van der Waals surface area contributed by atoms with Gasteiger partial charge in [-0.3, -0.25) is 9.59 Å². The van der Waals surface area contributed by atoms with Crippen LogP contribution in [-0.2, 0) is 14.3 Å². The molecule has 0 bridgehead atoms. The number of carbonyl (C=O) groups is 2. The number of piperazine rings is 1. The van der Waals surface area contributed by atoms with Crippen molar-refractivity contribution in [1.82, 2.24) is 9.80 Å². The van der Waals surface area contributed by atoms with E-state index in [1.165, 1.54) is 12.1 Å². The third-order valence-electron chi connectivity index (χ3n) is 6.84. The molecule has 2 saturated heterocycles. The molecular weight excluding hydrogens is 411 g/mol. The summed E-state index contributed by atoms with van der Waals surface area (Å²) in [5.41, 5.74) is 2.52. The zero-order valence-corrected chi connectivity index (χ0v) is 18.0. The molecule has 3 fully saturated rings. The number of amidine groups is 1. The number of hydrogen-bond acceptors (Lipinski definition) is 4. The Kier molecular flexibility index (Phi) is 4.08. The largest absolute Gasteiger partial charge is 0.340 e. The Balaban J connectivity index is 1.28. The topological polar surface area (TPSA) is 65.2 Å². The SMILES string of the molecule is CC(C)C1=CC(c2ccc(F)cc2)=[N+]2C=C(C(=O)N3CCN4C(=O)C5(CC5)OC4C3)N=C12. The van der Waals surface area contributed by atoms with Gasteiger partial charge >= 0.3 is 11.7 Å². The van der Waals surface area contributed by atoms with Crippen LogP contribution in [0.5, 0.6) is 0 Å². The lowest BCUT2D eigenvalue weighted by atomic mass is 10.0. The first-order valence-electron chi connectivity index (χ1n) is 11.1. The van der Waals surface area contributed by atoms with Crippen molar-refractivity contribution in [1.29, 1.82) is 0 Å². The molecule has 8 heteroatoms. The molecule has 4 aliphatic heterocycles. The normalized spacial score (nSPS) is 25.3. The molecular formula is C24H24FN4O3+. The average Bonchev–Trinajstić information content (AvgIpc) is 3.16. The quantitative estimate of drug-likeness (QED) is 0.683. The fraction of sp³-hybridized carbons (Fsp3) is 0.417. The first-order valence-corrected chi connectivity index (χ1v) is 11.1. The fourth-order valence-electron chi connectivity index (χ4n) is 4.87. The van der Waals surface area contributed by atoms with Crippen LogP contribution in [0.15, 0.2) is 52.8 Å². The van der Waals surface area contributed by atoms with Crippen molar-refractivity contribution in [2.45, 2.75) is 38.5 Å². The minimum absolute atomic E-state index is 0.0702. The molecule has 5 aliphatic rings. The van der Waals surface area contributed by atoms with E-state index in [0.29, 0.717) is 25.3 Å². The summed E-state index contributed by atoms with van der Waals surface area (Å²) in [4.78, 5) is 34.0. The van der Waals surface area contributed by atoms with E-state index in [9.17, 15) is 14.0 Å². The Labute approximate surface area is 185 Å². The van der Waals surface area contributed by atoms with E-state index in [4.69, 9.17) is 9.73 Å². The Bertz CT molecular complexity index is 1170. The molecule has 1 aliphatic carbocycles. The van der Waals surface area contributed by atoms with E-state index in [1.54, 1.807) is 28.1 Å². The summed E-state index contributed by atoms with van der Waals surface area (Å²) < 4.78 is 21.3. The van der Waals surface area contributed by atoms with Gasteiger partial charge in [0.2, 0.25) is 0 Å². The van der Waals surface area contributed by atoms with Gasteiger partial charge in [0, 0.05) is 18.7 Å². The van der Waals surface area contributed by atoms with Crippen molar-refractivity contribution in [3.8, 4) is 0 Å². The predicted octanol–water partition coefficient (Wildman–Crippen LogP) is 2.04. The van der Waals surface area contributed by atoms with E-state index in [0.717, 1.165) is 35.5 Å². The first-order chi connectivity index (χ1) is 15.4. The zero-order valence-electron chi connectivity index (χ0n) is 18.0. The number of nitrogens with zero attached hydrogens (tertiary/aromatic N) is 4. The van der Waals surface area contributed by atoms with Crippen molar-refractivity contribution in [3.63, 3.8) is 0 Å². The maximum absolute atomic E-state index is 13.4. The molecule has 1 saturated carbocycles. The molecule has 1 aromatic carbocycles. The van der Waals surface area contributed by atoms with Gasteiger partial charge in [0.05, 0.1) is 12.1 Å². The van der Waals surface area contributed by atoms with Crippen LogP contribution in [0.1, 0.15) is 32.3 Å². The number of carbonyl (C=O) groups excluding carboxylic acids is 2. The molecule has 7 nitrogen and oxygen atoms in total. The molecule has 1 atom stereocenters. The van der Waals surface area contributed by atoms with Crippen molar-refractivity contribution in [2.75, 3.05) is 19.6 Å². The van der Waals surface area contributed by atoms with Crippen LogP contribution in [0.2, 0.25) is 0 Å². The highest BCUT2D eigenvalue weighted by Gasteiger charge is 2.62. The molecule has 1 aromatic rings. The highest BCUT2D eigenvalue weighted by molar-refractivity contribution is 6.18. The van der Waals surface area contributed by atoms with Crippen LogP contribution in [-0.4, -0.2) is 69.2 Å². The first kappa shape index (κ1) is 19.5. The van der Waals surface area contributed by atoms with Crippen LogP contribution in [0.25, 0.3) is 0 Å². The third-order valence-corrected chi connectivity index (χ3v) is 6.84. The summed E-state index contributed by atoms with van der Waals surface area (Å²) in [6.07, 6.45) is 4.99. The van der Waals surface area contributed by atoms with Crippen molar-refractivity contribution in [3.05, 3.63) is 59.2 Å². The van der Waals surface area contributed by atoms with E-state index in [-0.39, 0.29) is 29.8 Å². The maximum atomic E-state index is 13.4. The summed E-state index contributed by atoms with van der Waals surface area (Å²) in [6, 6.07) is 6.33. The van der Waals surface area contributed by atoms with E-state index in [2.05, 4.69) is 19.9 Å². The van der Waals surface area contributed by atoms with Gasteiger partial charge in [-0.15, -0.1) is 0 Å². The fourth-order valence-corrected chi connectivity index (χ4v) is 4.87. The summed E-state index contributed by atoms with van der Waals surface area (Å²) in [6.45, 7) is 5.47. The summed E-state index contributed by atoms with van der Waals surface area (Å²) in [5, 5.41) is 0. The smallest absolute Gasteiger partial charge is 0.332 e. The number of fused-ring (bicyclic) bond motifs is 2. The van der Waals surface area contributed by atoms with Crippen LogP contribution in [0, 0.1) is 11.7 Å². The van der Waals surface area contributed by atoms with Gasteiger partial charge < -0.3 is 14.5 Å². The molecule has 1 spiro atoms. The molecule has 164 valence electrons. The standard InChI is InChI=1S/C24H24FN4O3/c1-14(2)17-11-19(15-3-5-16(25)6-4-15)29-12-18(26-21(17)29)22(30)27-9-10-28-20(13-27)32-24(7-8-24)23(28)31/h3-6,11-12,14,20H,7-10,13H2,1-2H3/q+1. The van der Waals surface area contributed by atoms with Crippen LogP contribution in [0.3, 0.4) is 0 Å². The molecule has 0 N–H and O–H groups in total. The Morgan fingerprint density at radius 1 is 1.25 bits per heavy atom. The van der Waals surface area contributed by atoms with Crippen LogP contribution < -0.4 is 0 Å². The summed E-state index contributed by atoms with van der Waals surface area (Å²) in [5.74, 6) is 0.572. The second kappa shape index (κ2) is 6.68. The van der Waals surface area contributed by atoms with Crippen molar-refractivity contribution in [2.24, 2.45) is 10.9 Å². The van der Waals surface area contributed by atoms with Gasteiger partial charge in [0.1, 0.15) is 17.1 Å². The number of hydrogen-bond donors (Lipinski definition) is 0. The monoisotopic (exact) mass is 435 g/mol. The number of benzene rings is 1. The lowest BCUT2D eigenvalue weighted by Gasteiger charge is -2.35. The maximum Gasteiger partial charge on any atom is 0.332 e. The molecule has 0 aromatic heterocycles. The number of allylic oxidation sites excluding steroid dienone is 1. The van der Waals surface area contributed by atoms with Gasteiger partial charge in [-0.1, -0.05) is 13.8 Å². The number of halogens is 1. The molecule has 6 rings (SSSR count). The number of aliphatic imine (C=N–C) groups is 1. The van der Waals surface area contributed by atoms with E-state index < -0.39 is 5.60 Å². The van der Waals surface area contributed by atoms with Gasteiger partial charge in [-0.2, -0.15) is 4.58 Å². The number of ether oxygens (including phenoxy) is 1. The predicted molar refractivity (Wildman–Crippen MR) is 114 cm³/mol. The Hall–Kier alpha value is -3.13. The second-order valence-corrected chi connectivity index (χ2v) is 9.28. The summed E-state index contributed by atoms with van der Waals surface area (Å²) in [7, 11) is 0. The number of amides is 2. The number of rotatable bonds is 3. The van der Waals surface area contributed by atoms with E-state index >= 15 is 0 Å². The van der Waals surface area contributed by atoms with Crippen molar-refractivity contribution >= 4 is 23.4 Å². The Morgan fingerprint density at radius 3 is 2.69 bits per heavy atom. The molecule has 0 radical (unpaired) electrons. The summed E-state index contributed by atoms with van der Waals surface area (Å²) >= 11 is 0. The van der Waals surface area contributed by atoms with Crippen LogP contribution in [0.4, 0.5) is 4.39 Å². The van der Waals surface area contributed by atoms with Gasteiger partial charge in [-0.25, -0.2) is 4.39 Å². The highest BCUT2D eigenvalue weighted by atomic mass is 19.1. The van der Waals surface area contributed by atoms with Gasteiger partial charge in [-0.05, 0) is 54.1 Å².